The zero-order chi connectivity index (χ0) is 14.0. The lowest BCUT2D eigenvalue weighted by atomic mass is 9.84. The van der Waals surface area contributed by atoms with Crippen LogP contribution in [-0.4, -0.2) is 34.5 Å². The highest BCUT2D eigenvalue weighted by molar-refractivity contribution is 5.91. The molecule has 0 aromatic carbocycles. The van der Waals surface area contributed by atoms with Crippen molar-refractivity contribution in [1.29, 1.82) is 0 Å². The van der Waals surface area contributed by atoms with Crippen LogP contribution in [0.2, 0.25) is 0 Å². The summed E-state index contributed by atoms with van der Waals surface area (Å²) in [5, 5.41) is 0. The summed E-state index contributed by atoms with van der Waals surface area (Å²) in [6.07, 6.45) is 2.74. The quantitative estimate of drug-likeness (QED) is 0.761. The fraction of sp³-hybridized carbons (Fsp3) is 0.857. The fourth-order valence-electron chi connectivity index (χ4n) is 2.40. The molecule has 1 unspecified atom stereocenters. The SMILES string of the molecule is CCC(=O)C1(C)CCCCN1C(=O)OC(C)(C)C. The van der Waals surface area contributed by atoms with Crippen LogP contribution in [0.3, 0.4) is 0 Å². The monoisotopic (exact) mass is 255 g/mol. The van der Waals surface area contributed by atoms with Gasteiger partial charge in [0.2, 0.25) is 0 Å². The first-order valence-corrected chi connectivity index (χ1v) is 6.74. The van der Waals surface area contributed by atoms with Crippen LogP contribution < -0.4 is 0 Å². The van der Waals surface area contributed by atoms with E-state index in [1.807, 2.05) is 34.6 Å². The van der Waals surface area contributed by atoms with E-state index in [0.717, 1.165) is 19.3 Å². The number of amides is 1. The molecule has 0 saturated carbocycles. The molecule has 18 heavy (non-hydrogen) atoms. The molecule has 1 amide bonds. The van der Waals surface area contributed by atoms with E-state index in [0.29, 0.717) is 13.0 Å². The molecule has 104 valence electrons. The maximum atomic E-state index is 12.2. The summed E-state index contributed by atoms with van der Waals surface area (Å²) in [4.78, 5) is 25.9. The second-order valence-corrected chi connectivity index (χ2v) is 6.14. The molecule has 4 heteroatoms. The predicted molar refractivity (Wildman–Crippen MR) is 70.5 cm³/mol. The van der Waals surface area contributed by atoms with Crippen LogP contribution >= 0.6 is 0 Å². The molecule has 1 rings (SSSR count). The zero-order valence-corrected chi connectivity index (χ0v) is 12.2. The Labute approximate surface area is 110 Å². The van der Waals surface area contributed by atoms with Gasteiger partial charge in [0, 0.05) is 13.0 Å². The lowest BCUT2D eigenvalue weighted by Gasteiger charge is -2.43. The van der Waals surface area contributed by atoms with Gasteiger partial charge >= 0.3 is 6.09 Å². The van der Waals surface area contributed by atoms with Gasteiger partial charge < -0.3 is 4.74 Å². The number of carbonyl (C=O) groups excluding carboxylic acids is 2. The van der Waals surface area contributed by atoms with Gasteiger partial charge in [0.25, 0.3) is 0 Å². The van der Waals surface area contributed by atoms with Crippen LogP contribution in [0, 0.1) is 0 Å². The standard InChI is InChI=1S/C14H25NO3/c1-6-11(16)14(5)9-7-8-10-15(14)12(17)18-13(2,3)4/h6-10H2,1-5H3. The highest BCUT2D eigenvalue weighted by Crippen LogP contribution is 2.31. The van der Waals surface area contributed by atoms with Crippen LogP contribution in [0.4, 0.5) is 4.79 Å². The topological polar surface area (TPSA) is 46.6 Å². The summed E-state index contributed by atoms with van der Waals surface area (Å²) in [5.74, 6) is 0.119. The minimum atomic E-state index is -0.685. The number of ether oxygens (including phenoxy) is 1. The van der Waals surface area contributed by atoms with E-state index in [9.17, 15) is 9.59 Å². The van der Waals surface area contributed by atoms with E-state index in [-0.39, 0.29) is 11.9 Å². The molecule has 1 atom stereocenters. The van der Waals surface area contributed by atoms with Gasteiger partial charge in [-0.2, -0.15) is 0 Å². The van der Waals surface area contributed by atoms with E-state index in [4.69, 9.17) is 4.74 Å². The van der Waals surface area contributed by atoms with Crippen LogP contribution in [0.5, 0.6) is 0 Å². The summed E-state index contributed by atoms with van der Waals surface area (Å²) in [5.41, 5.74) is -1.21. The summed E-state index contributed by atoms with van der Waals surface area (Å²) in [6, 6.07) is 0. The number of hydrogen-bond acceptors (Lipinski definition) is 3. The Bertz CT molecular complexity index is 332. The smallest absolute Gasteiger partial charge is 0.411 e. The molecular formula is C14H25NO3. The number of Topliss-reactive ketones (excluding diaryl/α,β-unsaturated/α-hetero) is 1. The van der Waals surface area contributed by atoms with Gasteiger partial charge in [0.1, 0.15) is 11.1 Å². The normalized spacial score (nSPS) is 24.8. The second-order valence-electron chi connectivity index (χ2n) is 6.14. The van der Waals surface area contributed by atoms with Gasteiger partial charge in [0.05, 0.1) is 0 Å². The van der Waals surface area contributed by atoms with Gasteiger partial charge in [0.15, 0.2) is 5.78 Å². The molecule has 0 aromatic rings. The highest BCUT2D eigenvalue weighted by Gasteiger charge is 2.43. The molecule has 1 saturated heterocycles. The number of ketones is 1. The van der Waals surface area contributed by atoms with Crippen molar-refractivity contribution in [3.8, 4) is 0 Å². The third-order valence-corrected chi connectivity index (χ3v) is 3.43. The van der Waals surface area contributed by atoms with E-state index < -0.39 is 11.1 Å². The Hall–Kier alpha value is -1.06. The van der Waals surface area contributed by atoms with Crippen molar-refractivity contribution in [2.75, 3.05) is 6.54 Å². The van der Waals surface area contributed by atoms with Crippen LogP contribution in [0.1, 0.15) is 60.3 Å². The third-order valence-electron chi connectivity index (χ3n) is 3.43. The van der Waals surface area contributed by atoms with Crippen molar-refractivity contribution in [2.45, 2.75) is 71.4 Å². The molecule has 1 aliphatic rings. The van der Waals surface area contributed by atoms with E-state index >= 15 is 0 Å². The molecule has 0 bridgehead atoms. The Kier molecular flexibility index (Phi) is 4.41. The van der Waals surface area contributed by atoms with Gasteiger partial charge in [-0.3, -0.25) is 9.69 Å². The molecule has 1 aliphatic heterocycles. The lowest BCUT2D eigenvalue weighted by molar-refractivity contribution is -0.132. The highest BCUT2D eigenvalue weighted by atomic mass is 16.6. The largest absolute Gasteiger partial charge is 0.444 e. The molecule has 0 N–H and O–H groups in total. The third kappa shape index (κ3) is 3.24. The molecule has 1 heterocycles. The van der Waals surface area contributed by atoms with E-state index in [1.54, 1.807) is 4.90 Å². The number of hydrogen-bond donors (Lipinski definition) is 0. The van der Waals surface area contributed by atoms with Gasteiger partial charge in [-0.05, 0) is 47.0 Å². The molecule has 0 aliphatic carbocycles. The first-order valence-electron chi connectivity index (χ1n) is 6.74. The number of nitrogens with zero attached hydrogens (tertiary/aromatic N) is 1. The Morgan fingerprint density at radius 1 is 1.28 bits per heavy atom. The first kappa shape index (κ1) is 15.0. The number of carbonyl (C=O) groups is 2. The molecule has 0 aromatic heterocycles. The molecular weight excluding hydrogens is 230 g/mol. The van der Waals surface area contributed by atoms with Crippen molar-refractivity contribution in [2.24, 2.45) is 0 Å². The minimum absolute atomic E-state index is 0.119. The van der Waals surface area contributed by atoms with Crippen molar-refractivity contribution in [1.82, 2.24) is 4.90 Å². The van der Waals surface area contributed by atoms with Gasteiger partial charge in [-0.1, -0.05) is 6.92 Å². The molecule has 4 nitrogen and oxygen atoms in total. The summed E-state index contributed by atoms with van der Waals surface area (Å²) < 4.78 is 5.40. The summed E-state index contributed by atoms with van der Waals surface area (Å²) >= 11 is 0. The van der Waals surface area contributed by atoms with Crippen LogP contribution in [0.25, 0.3) is 0 Å². The Balaban J connectivity index is 2.89. The second kappa shape index (κ2) is 5.29. The summed E-state index contributed by atoms with van der Waals surface area (Å²) in [6.45, 7) is 9.84. The first-order chi connectivity index (χ1) is 8.20. The van der Waals surface area contributed by atoms with E-state index in [1.165, 1.54) is 0 Å². The van der Waals surface area contributed by atoms with Crippen molar-refractivity contribution < 1.29 is 14.3 Å². The molecule has 1 fully saturated rings. The Morgan fingerprint density at radius 2 is 1.89 bits per heavy atom. The molecule has 0 spiro atoms. The fourth-order valence-corrected chi connectivity index (χ4v) is 2.40. The van der Waals surface area contributed by atoms with Crippen LogP contribution in [0.15, 0.2) is 0 Å². The van der Waals surface area contributed by atoms with Gasteiger partial charge in [-0.15, -0.1) is 0 Å². The maximum Gasteiger partial charge on any atom is 0.411 e. The van der Waals surface area contributed by atoms with Gasteiger partial charge in [-0.25, -0.2) is 4.79 Å². The van der Waals surface area contributed by atoms with Crippen molar-refractivity contribution >= 4 is 11.9 Å². The van der Waals surface area contributed by atoms with Crippen molar-refractivity contribution in [3.05, 3.63) is 0 Å². The zero-order valence-electron chi connectivity index (χ0n) is 12.2. The number of piperidine rings is 1. The maximum absolute atomic E-state index is 12.2. The van der Waals surface area contributed by atoms with Crippen LogP contribution in [-0.2, 0) is 9.53 Å². The lowest BCUT2D eigenvalue weighted by Crippen LogP contribution is -2.58. The average Bonchev–Trinajstić information content (AvgIpc) is 2.26. The number of rotatable bonds is 2. The molecule has 0 radical (unpaired) electrons. The summed E-state index contributed by atoms with van der Waals surface area (Å²) in [7, 11) is 0. The minimum Gasteiger partial charge on any atom is -0.444 e. The van der Waals surface area contributed by atoms with E-state index in [2.05, 4.69) is 0 Å². The Morgan fingerprint density at radius 3 is 2.39 bits per heavy atom. The van der Waals surface area contributed by atoms with Crippen molar-refractivity contribution in [3.63, 3.8) is 0 Å². The predicted octanol–water partition coefficient (Wildman–Crippen LogP) is 3.15. The number of likely N-dealkylation sites (tertiary alicyclic amines) is 1. The average molecular weight is 255 g/mol.